The van der Waals surface area contributed by atoms with Crippen molar-refractivity contribution in [2.45, 2.75) is 19.4 Å². The van der Waals surface area contributed by atoms with Crippen molar-refractivity contribution in [2.24, 2.45) is 5.41 Å². The lowest BCUT2D eigenvalue weighted by atomic mass is 9.67. The van der Waals surface area contributed by atoms with Crippen molar-refractivity contribution in [3.8, 4) is 0 Å². The van der Waals surface area contributed by atoms with Crippen LogP contribution >= 0.6 is 0 Å². The molecule has 192 valence electrons. The van der Waals surface area contributed by atoms with Gasteiger partial charge >= 0.3 is 12.1 Å². The number of carbonyl (C=O) groups excluding carboxylic acids is 5. The van der Waals surface area contributed by atoms with Crippen molar-refractivity contribution in [3.05, 3.63) is 54.1 Å². The first-order chi connectivity index (χ1) is 17.6. The van der Waals surface area contributed by atoms with Crippen molar-refractivity contribution in [2.75, 3.05) is 49.3 Å². The van der Waals surface area contributed by atoms with Crippen LogP contribution in [-0.2, 0) is 20.8 Å². The largest absolute Gasteiger partial charge is 0.363 e. The molecule has 0 aliphatic carbocycles. The van der Waals surface area contributed by atoms with Gasteiger partial charge in [0.15, 0.2) is 5.41 Å². The van der Waals surface area contributed by atoms with E-state index in [0.717, 1.165) is 15.5 Å². The van der Waals surface area contributed by atoms with Gasteiger partial charge in [-0.25, -0.2) is 9.59 Å². The summed E-state index contributed by atoms with van der Waals surface area (Å²) >= 11 is 0. The number of piperazine rings is 1. The van der Waals surface area contributed by atoms with Crippen LogP contribution in [0.2, 0.25) is 0 Å². The van der Waals surface area contributed by atoms with Gasteiger partial charge in [0, 0.05) is 57.7 Å². The number of hydrogen-bond donors (Lipinski definition) is 2. The van der Waals surface area contributed by atoms with E-state index in [2.05, 4.69) is 10.6 Å². The van der Waals surface area contributed by atoms with Crippen molar-refractivity contribution in [3.63, 3.8) is 0 Å². The highest BCUT2D eigenvalue weighted by molar-refractivity contribution is 6.20. The fraction of sp³-hybridized carbons (Fsp3) is 0.346. The second kappa shape index (κ2) is 8.91. The SMILES string of the molecule is CC(=O)N1CCN2c3ccc(NC(=O)Nc4ccccc4)cc3CC3(C(=O)N(C)C(=O)N(C)C3=O)C2C1. The van der Waals surface area contributed by atoms with Crippen molar-refractivity contribution in [1.82, 2.24) is 14.7 Å². The van der Waals surface area contributed by atoms with Crippen LogP contribution in [0, 0.1) is 5.41 Å². The summed E-state index contributed by atoms with van der Waals surface area (Å²) in [6, 6.07) is 12.6. The molecule has 0 saturated carbocycles. The van der Waals surface area contributed by atoms with Crippen LogP contribution in [0.25, 0.3) is 0 Å². The molecule has 37 heavy (non-hydrogen) atoms. The van der Waals surface area contributed by atoms with Crippen LogP contribution in [0.1, 0.15) is 12.5 Å². The fourth-order valence-corrected chi connectivity index (χ4v) is 5.62. The van der Waals surface area contributed by atoms with Gasteiger partial charge < -0.3 is 20.4 Å². The summed E-state index contributed by atoms with van der Waals surface area (Å²) in [6.45, 7) is 2.50. The number of nitrogens with zero attached hydrogens (tertiary/aromatic N) is 4. The highest BCUT2D eigenvalue weighted by Gasteiger charge is 2.64. The van der Waals surface area contributed by atoms with E-state index in [1.165, 1.54) is 21.0 Å². The van der Waals surface area contributed by atoms with Crippen LogP contribution < -0.4 is 15.5 Å². The Morgan fingerprint density at radius 2 is 1.54 bits per heavy atom. The molecule has 5 rings (SSSR count). The summed E-state index contributed by atoms with van der Waals surface area (Å²) in [6.07, 6.45) is 0.0324. The van der Waals surface area contributed by atoms with Gasteiger partial charge in [-0.15, -0.1) is 0 Å². The second-order valence-corrected chi connectivity index (χ2v) is 9.62. The Labute approximate surface area is 214 Å². The van der Waals surface area contributed by atoms with E-state index >= 15 is 0 Å². The van der Waals surface area contributed by atoms with Crippen molar-refractivity contribution >= 4 is 46.8 Å². The average Bonchev–Trinajstić information content (AvgIpc) is 2.89. The molecule has 3 aliphatic rings. The van der Waals surface area contributed by atoms with E-state index in [1.54, 1.807) is 29.2 Å². The fourth-order valence-electron chi connectivity index (χ4n) is 5.62. The third-order valence-corrected chi connectivity index (χ3v) is 7.49. The molecule has 0 aromatic heterocycles. The molecular weight excluding hydrogens is 476 g/mol. The lowest BCUT2D eigenvalue weighted by molar-refractivity contribution is -0.161. The number of para-hydroxylation sites is 1. The van der Waals surface area contributed by atoms with Gasteiger partial charge in [-0.05, 0) is 42.3 Å². The zero-order valence-corrected chi connectivity index (χ0v) is 20.9. The molecular formula is C26H28N6O5. The number of imide groups is 2. The first-order valence-electron chi connectivity index (χ1n) is 12.0. The zero-order valence-electron chi connectivity index (χ0n) is 20.9. The molecule has 3 heterocycles. The summed E-state index contributed by atoms with van der Waals surface area (Å²) in [5.74, 6) is -1.32. The Bertz CT molecular complexity index is 1290. The predicted octanol–water partition coefficient (Wildman–Crippen LogP) is 1.96. The smallest absolute Gasteiger partial charge is 0.332 e. The van der Waals surface area contributed by atoms with Crippen LogP contribution in [0.4, 0.5) is 26.7 Å². The van der Waals surface area contributed by atoms with Gasteiger partial charge in [-0.3, -0.25) is 24.2 Å². The van der Waals surface area contributed by atoms with Crippen LogP contribution in [0.5, 0.6) is 0 Å². The minimum atomic E-state index is -1.59. The molecule has 1 unspecified atom stereocenters. The molecule has 11 heteroatoms. The number of nitrogens with one attached hydrogen (secondary N) is 2. The molecule has 2 fully saturated rings. The zero-order chi connectivity index (χ0) is 26.5. The summed E-state index contributed by atoms with van der Waals surface area (Å²) in [5.41, 5.74) is 1.07. The molecule has 2 aromatic rings. The lowest BCUT2D eigenvalue weighted by Gasteiger charge is -2.56. The predicted molar refractivity (Wildman–Crippen MR) is 136 cm³/mol. The van der Waals surface area contributed by atoms with E-state index in [0.29, 0.717) is 30.0 Å². The lowest BCUT2D eigenvalue weighted by Crippen LogP contribution is -2.74. The number of carbonyl (C=O) groups is 5. The van der Waals surface area contributed by atoms with E-state index in [1.807, 2.05) is 29.2 Å². The molecule has 0 bridgehead atoms. The standard InChI is InChI=1S/C26H28N6O5/c1-16(33)31-11-12-32-20-10-9-19(28-24(36)27-18-7-5-4-6-8-18)13-17(20)14-26(21(32)15-31)22(34)29(2)25(37)30(3)23(26)35/h4-10,13,21H,11-12,14-15H2,1-3H3,(H2,27,28,36). The summed E-state index contributed by atoms with van der Waals surface area (Å²) in [7, 11) is 2.74. The first-order valence-corrected chi connectivity index (χ1v) is 12.0. The van der Waals surface area contributed by atoms with Crippen molar-refractivity contribution in [1.29, 1.82) is 0 Å². The van der Waals surface area contributed by atoms with E-state index in [9.17, 15) is 24.0 Å². The number of anilines is 3. The molecule has 7 amide bonds. The minimum Gasteiger partial charge on any atom is -0.363 e. The monoisotopic (exact) mass is 504 g/mol. The highest BCUT2D eigenvalue weighted by atomic mass is 16.2. The normalized spacial score (nSPS) is 20.5. The number of fused-ring (bicyclic) bond motifs is 4. The van der Waals surface area contributed by atoms with Gasteiger partial charge in [-0.2, -0.15) is 0 Å². The Hall–Kier alpha value is -4.41. The molecule has 2 aromatic carbocycles. The topological polar surface area (TPSA) is 122 Å². The molecule has 3 aliphatic heterocycles. The molecule has 1 spiro atoms. The number of benzene rings is 2. The van der Waals surface area contributed by atoms with Crippen molar-refractivity contribution < 1.29 is 24.0 Å². The van der Waals surface area contributed by atoms with Gasteiger partial charge in [-0.1, -0.05) is 18.2 Å². The maximum absolute atomic E-state index is 13.7. The first kappa shape index (κ1) is 24.3. The van der Waals surface area contributed by atoms with Gasteiger partial charge in [0.1, 0.15) is 0 Å². The number of hydrogen-bond acceptors (Lipinski definition) is 6. The maximum Gasteiger partial charge on any atom is 0.332 e. The summed E-state index contributed by atoms with van der Waals surface area (Å²) < 4.78 is 0. The molecule has 2 N–H and O–H groups in total. The van der Waals surface area contributed by atoms with E-state index in [4.69, 9.17) is 0 Å². The maximum atomic E-state index is 13.7. The Kier molecular flexibility index (Phi) is 5.85. The van der Waals surface area contributed by atoms with Gasteiger partial charge in [0.05, 0.1) is 6.04 Å². The van der Waals surface area contributed by atoms with Crippen LogP contribution in [-0.4, -0.2) is 84.3 Å². The molecule has 0 radical (unpaired) electrons. The average molecular weight is 505 g/mol. The quantitative estimate of drug-likeness (QED) is 0.603. The van der Waals surface area contributed by atoms with Crippen LogP contribution in [0.3, 0.4) is 0 Å². The summed E-state index contributed by atoms with van der Waals surface area (Å²) in [5, 5.41) is 5.57. The van der Waals surface area contributed by atoms with E-state index in [-0.39, 0.29) is 18.9 Å². The highest BCUT2D eigenvalue weighted by Crippen LogP contribution is 2.47. The number of amides is 7. The minimum absolute atomic E-state index is 0.0324. The molecule has 2 saturated heterocycles. The Morgan fingerprint density at radius 3 is 2.19 bits per heavy atom. The number of rotatable bonds is 2. The summed E-state index contributed by atoms with van der Waals surface area (Å²) in [4.78, 5) is 70.4. The number of barbiturate groups is 1. The molecule has 1 atom stereocenters. The Morgan fingerprint density at radius 1 is 0.892 bits per heavy atom. The Balaban J connectivity index is 1.52. The van der Waals surface area contributed by atoms with E-state index < -0.39 is 35.3 Å². The molecule has 11 nitrogen and oxygen atoms in total. The number of urea groups is 2. The second-order valence-electron chi connectivity index (χ2n) is 9.62. The van der Waals surface area contributed by atoms with Crippen LogP contribution in [0.15, 0.2) is 48.5 Å². The van der Waals surface area contributed by atoms with Gasteiger partial charge in [0.2, 0.25) is 17.7 Å². The third kappa shape index (κ3) is 3.87. The third-order valence-electron chi connectivity index (χ3n) is 7.49. The van der Waals surface area contributed by atoms with Gasteiger partial charge in [0.25, 0.3) is 0 Å².